The molecule has 2 aliphatic rings. The van der Waals surface area contributed by atoms with Crippen LogP contribution in [-0.2, 0) is 4.79 Å². The van der Waals surface area contributed by atoms with E-state index in [9.17, 15) is 4.79 Å². The third-order valence-corrected chi connectivity index (χ3v) is 4.35. The molecule has 1 unspecified atom stereocenters. The van der Waals surface area contributed by atoms with Crippen molar-refractivity contribution in [3.8, 4) is 0 Å². The van der Waals surface area contributed by atoms with E-state index in [0.717, 1.165) is 32.5 Å². The number of carbonyl (C=O) groups excluding carboxylic acids is 1. The monoisotopic (exact) mass is 254 g/mol. The second-order valence-electron chi connectivity index (χ2n) is 6.69. The van der Waals surface area contributed by atoms with Crippen molar-refractivity contribution in [1.29, 1.82) is 0 Å². The van der Waals surface area contributed by atoms with E-state index < -0.39 is 0 Å². The Labute approximate surface area is 110 Å². The predicted octanol–water partition coefficient (Wildman–Crippen LogP) is 1.09. The number of hydrogen-bond donors (Lipinski definition) is 1. The Morgan fingerprint density at radius 2 is 1.89 bits per heavy atom. The van der Waals surface area contributed by atoms with Crippen LogP contribution in [0.2, 0.25) is 0 Å². The van der Waals surface area contributed by atoms with Crippen molar-refractivity contribution in [2.45, 2.75) is 51.6 Å². The van der Waals surface area contributed by atoms with Gasteiger partial charge in [0.15, 0.2) is 0 Å². The van der Waals surface area contributed by atoms with Crippen LogP contribution in [0.4, 0.5) is 0 Å². The molecule has 1 atom stereocenters. The van der Waals surface area contributed by atoms with E-state index in [1.807, 2.05) is 4.90 Å². The number of piperidine rings is 1. The fourth-order valence-electron chi connectivity index (χ4n) is 3.13. The number of carbonyl (C=O) groups is 1. The Kier molecular flexibility index (Phi) is 3.97. The van der Waals surface area contributed by atoms with Gasteiger partial charge in [0.2, 0.25) is 5.91 Å². The van der Waals surface area contributed by atoms with E-state index in [1.54, 1.807) is 0 Å². The topological polar surface area (TPSA) is 43.8 Å². The first-order valence-corrected chi connectivity index (χ1v) is 7.07. The molecule has 0 spiro atoms. The van der Waals surface area contributed by atoms with Gasteiger partial charge in [-0.25, -0.2) is 0 Å². The average Bonchev–Trinajstić information content (AvgIpc) is 2.70. The van der Waals surface area contributed by atoms with Crippen molar-refractivity contribution in [2.24, 2.45) is 5.92 Å². The van der Waals surface area contributed by atoms with Crippen molar-refractivity contribution < 1.29 is 9.90 Å². The molecule has 2 rings (SSSR count). The minimum atomic E-state index is 0.142. The normalized spacial score (nSPS) is 28.1. The molecule has 2 saturated heterocycles. The van der Waals surface area contributed by atoms with E-state index in [2.05, 4.69) is 25.7 Å². The number of amides is 1. The molecular weight excluding hydrogens is 228 g/mol. The van der Waals surface area contributed by atoms with Crippen LogP contribution in [0.3, 0.4) is 0 Å². The highest BCUT2D eigenvalue weighted by Crippen LogP contribution is 2.27. The molecule has 0 radical (unpaired) electrons. The Morgan fingerprint density at radius 3 is 2.33 bits per heavy atom. The Balaban J connectivity index is 1.89. The van der Waals surface area contributed by atoms with Gasteiger partial charge in [0.05, 0.1) is 0 Å². The van der Waals surface area contributed by atoms with E-state index in [1.165, 1.54) is 0 Å². The molecule has 2 heterocycles. The summed E-state index contributed by atoms with van der Waals surface area (Å²) in [6, 6.07) is 0.396. The summed E-state index contributed by atoms with van der Waals surface area (Å²) in [5.41, 5.74) is 0.230. The summed E-state index contributed by atoms with van der Waals surface area (Å²) in [6.07, 6.45) is 2.68. The largest absolute Gasteiger partial charge is 0.396 e. The molecule has 18 heavy (non-hydrogen) atoms. The number of aliphatic hydroxyl groups excluding tert-OH is 1. The third-order valence-electron chi connectivity index (χ3n) is 4.35. The summed E-state index contributed by atoms with van der Waals surface area (Å²) in [5.74, 6) is 0.404. The molecule has 0 bridgehead atoms. The van der Waals surface area contributed by atoms with E-state index in [4.69, 9.17) is 5.11 Å². The van der Waals surface area contributed by atoms with Crippen molar-refractivity contribution in [1.82, 2.24) is 9.80 Å². The lowest BCUT2D eigenvalue weighted by atomic mass is 9.97. The van der Waals surface area contributed by atoms with Gasteiger partial charge >= 0.3 is 0 Å². The summed E-state index contributed by atoms with van der Waals surface area (Å²) in [4.78, 5) is 16.4. The molecule has 0 aromatic carbocycles. The third kappa shape index (κ3) is 2.86. The fraction of sp³-hybridized carbons (Fsp3) is 0.929. The van der Waals surface area contributed by atoms with Gasteiger partial charge in [-0.15, -0.1) is 0 Å². The van der Waals surface area contributed by atoms with Crippen molar-refractivity contribution in [3.63, 3.8) is 0 Å². The van der Waals surface area contributed by atoms with E-state index in [0.29, 0.717) is 12.5 Å². The quantitative estimate of drug-likeness (QED) is 0.802. The highest BCUT2D eigenvalue weighted by molar-refractivity contribution is 5.79. The lowest BCUT2D eigenvalue weighted by Gasteiger charge is -2.43. The van der Waals surface area contributed by atoms with Gasteiger partial charge in [-0.05, 0) is 33.6 Å². The predicted molar refractivity (Wildman–Crippen MR) is 71.3 cm³/mol. The van der Waals surface area contributed by atoms with E-state index >= 15 is 0 Å². The summed E-state index contributed by atoms with van der Waals surface area (Å²) in [6.45, 7) is 9.78. The summed E-state index contributed by atoms with van der Waals surface area (Å²) < 4.78 is 0. The number of rotatable bonds is 2. The van der Waals surface area contributed by atoms with Crippen LogP contribution >= 0.6 is 0 Å². The van der Waals surface area contributed by atoms with Crippen LogP contribution in [0.5, 0.6) is 0 Å². The average molecular weight is 254 g/mol. The smallest absolute Gasteiger partial charge is 0.223 e. The number of nitrogens with zero attached hydrogens (tertiary/aromatic N) is 2. The van der Waals surface area contributed by atoms with E-state index in [-0.39, 0.29) is 24.0 Å². The van der Waals surface area contributed by atoms with Crippen LogP contribution in [0.1, 0.15) is 40.0 Å². The molecule has 1 amide bonds. The zero-order valence-corrected chi connectivity index (χ0v) is 11.9. The zero-order valence-electron chi connectivity index (χ0n) is 11.9. The minimum absolute atomic E-state index is 0.142. The highest BCUT2D eigenvalue weighted by atomic mass is 16.3. The minimum Gasteiger partial charge on any atom is -0.396 e. The van der Waals surface area contributed by atoms with Gasteiger partial charge in [0.1, 0.15) is 0 Å². The van der Waals surface area contributed by atoms with Gasteiger partial charge in [-0.1, -0.05) is 0 Å². The molecule has 0 aromatic heterocycles. The van der Waals surface area contributed by atoms with Crippen LogP contribution < -0.4 is 0 Å². The SMILES string of the molecule is CC(C)(C)N1CCC(N2CC(CO)CC2=O)CC1. The maximum absolute atomic E-state index is 11.9. The van der Waals surface area contributed by atoms with Crippen molar-refractivity contribution in [3.05, 3.63) is 0 Å². The second-order valence-corrected chi connectivity index (χ2v) is 6.69. The molecule has 0 aromatic rings. The van der Waals surface area contributed by atoms with Crippen LogP contribution in [0.15, 0.2) is 0 Å². The molecule has 2 aliphatic heterocycles. The summed E-state index contributed by atoms with van der Waals surface area (Å²) in [7, 11) is 0. The summed E-state index contributed by atoms with van der Waals surface area (Å²) in [5, 5.41) is 9.16. The van der Waals surface area contributed by atoms with Crippen LogP contribution in [0, 0.1) is 5.92 Å². The first kappa shape index (κ1) is 13.8. The van der Waals surface area contributed by atoms with Crippen molar-refractivity contribution in [2.75, 3.05) is 26.2 Å². The van der Waals surface area contributed by atoms with Crippen molar-refractivity contribution >= 4 is 5.91 Å². The molecule has 4 heteroatoms. The lowest BCUT2D eigenvalue weighted by molar-refractivity contribution is -0.130. The molecule has 2 fully saturated rings. The first-order chi connectivity index (χ1) is 8.41. The maximum Gasteiger partial charge on any atom is 0.223 e. The van der Waals surface area contributed by atoms with Crippen LogP contribution in [-0.4, -0.2) is 58.6 Å². The number of aliphatic hydroxyl groups is 1. The molecule has 0 aliphatic carbocycles. The molecule has 104 valence electrons. The van der Waals surface area contributed by atoms with Gasteiger partial charge in [-0.2, -0.15) is 0 Å². The molecule has 0 saturated carbocycles. The standard InChI is InChI=1S/C14H26N2O2/c1-14(2,3)15-6-4-12(5-7-15)16-9-11(10-17)8-13(16)18/h11-12,17H,4-10H2,1-3H3. The van der Waals surface area contributed by atoms with Gasteiger partial charge in [-0.3, -0.25) is 9.69 Å². The van der Waals surface area contributed by atoms with Gasteiger partial charge < -0.3 is 10.0 Å². The molecular formula is C14H26N2O2. The number of hydrogen-bond acceptors (Lipinski definition) is 3. The molecule has 4 nitrogen and oxygen atoms in total. The second kappa shape index (κ2) is 5.17. The Morgan fingerprint density at radius 1 is 1.28 bits per heavy atom. The highest BCUT2D eigenvalue weighted by Gasteiger charge is 2.36. The van der Waals surface area contributed by atoms with Gasteiger partial charge in [0, 0.05) is 50.2 Å². The fourth-order valence-corrected chi connectivity index (χ4v) is 3.13. The van der Waals surface area contributed by atoms with Crippen LogP contribution in [0.25, 0.3) is 0 Å². The zero-order chi connectivity index (χ0) is 13.3. The Bertz CT molecular complexity index is 303. The van der Waals surface area contributed by atoms with Gasteiger partial charge in [0.25, 0.3) is 0 Å². The Hall–Kier alpha value is -0.610. The lowest BCUT2D eigenvalue weighted by Crippen LogP contribution is -2.51. The number of likely N-dealkylation sites (tertiary alicyclic amines) is 2. The first-order valence-electron chi connectivity index (χ1n) is 7.07. The summed E-state index contributed by atoms with van der Waals surface area (Å²) >= 11 is 0. The maximum atomic E-state index is 11.9. The molecule has 1 N–H and O–H groups in total.